The van der Waals surface area contributed by atoms with E-state index in [4.69, 9.17) is 27.5 Å². The summed E-state index contributed by atoms with van der Waals surface area (Å²) < 4.78 is 5.48. The fourth-order valence-corrected chi connectivity index (χ4v) is 1.77. The molecule has 1 aromatic heterocycles. The van der Waals surface area contributed by atoms with E-state index in [9.17, 15) is 0 Å². The van der Waals surface area contributed by atoms with E-state index < -0.39 is 0 Å². The van der Waals surface area contributed by atoms with Crippen LogP contribution in [-0.2, 0) is 6.61 Å². The summed E-state index contributed by atoms with van der Waals surface area (Å²) in [5.41, 5.74) is 8.26. The third-order valence-electron chi connectivity index (χ3n) is 2.60. The van der Waals surface area contributed by atoms with E-state index in [1.165, 1.54) is 0 Å². The second kappa shape index (κ2) is 5.20. The number of thiocarbonyl (C=S) groups is 1. The summed E-state index contributed by atoms with van der Waals surface area (Å²) in [7, 11) is 0. The Morgan fingerprint density at radius 2 is 2.17 bits per heavy atom. The minimum atomic E-state index is -0.107. The molecule has 2 aromatic rings. The Labute approximate surface area is 110 Å². The third-order valence-corrected chi connectivity index (χ3v) is 2.70. The van der Waals surface area contributed by atoms with Gasteiger partial charge in [-0.2, -0.15) is 0 Å². The highest BCUT2D eigenvalue weighted by molar-refractivity contribution is 7.80. The fourth-order valence-electron chi connectivity index (χ4n) is 1.66. The molecular formula is C13H14N2O2S. The maximum absolute atomic E-state index is 8.98. The number of aliphatic hydroxyl groups is 1. The molecule has 0 saturated heterocycles. The number of nitrogens with two attached hydrogens (primary N) is 1. The molecule has 2 rings (SSSR count). The van der Waals surface area contributed by atoms with Gasteiger partial charge in [0, 0.05) is 11.3 Å². The monoisotopic (exact) mass is 262 g/mol. The van der Waals surface area contributed by atoms with Crippen LogP contribution in [0.4, 0.5) is 5.69 Å². The van der Waals surface area contributed by atoms with Gasteiger partial charge < -0.3 is 20.6 Å². The molecule has 0 amide bonds. The lowest BCUT2D eigenvalue weighted by Crippen LogP contribution is -2.19. The Kier molecular flexibility index (Phi) is 3.64. The highest BCUT2D eigenvalue weighted by Crippen LogP contribution is 2.27. The molecule has 1 heterocycles. The number of aliphatic hydroxyl groups excluding tert-OH is 1. The topological polar surface area (TPSA) is 71.4 Å². The third kappa shape index (κ3) is 2.69. The normalized spacial score (nSPS) is 10.3. The number of nitrogens with one attached hydrogen (secondary N) is 1. The van der Waals surface area contributed by atoms with Gasteiger partial charge in [0.15, 0.2) is 5.11 Å². The summed E-state index contributed by atoms with van der Waals surface area (Å²) in [6.45, 7) is 1.86. The Balaban J connectivity index is 2.36. The number of rotatable bonds is 3. The molecule has 1 aromatic carbocycles. The zero-order valence-corrected chi connectivity index (χ0v) is 10.8. The van der Waals surface area contributed by atoms with Crippen LogP contribution in [-0.4, -0.2) is 10.2 Å². The lowest BCUT2D eigenvalue weighted by molar-refractivity contribution is 0.248. The Bertz CT molecular complexity index is 578. The zero-order valence-electron chi connectivity index (χ0n) is 9.93. The van der Waals surface area contributed by atoms with E-state index in [0.29, 0.717) is 11.5 Å². The predicted octanol–water partition coefficient (Wildman–Crippen LogP) is 2.40. The van der Waals surface area contributed by atoms with E-state index in [0.717, 1.165) is 16.8 Å². The minimum absolute atomic E-state index is 0.107. The van der Waals surface area contributed by atoms with Gasteiger partial charge in [-0.3, -0.25) is 0 Å². The lowest BCUT2D eigenvalue weighted by atomic mass is 10.1. The van der Waals surface area contributed by atoms with Crippen molar-refractivity contribution < 1.29 is 9.52 Å². The number of hydrogen-bond acceptors (Lipinski definition) is 3. The summed E-state index contributed by atoms with van der Waals surface area (Å²) >= 11 is 4.83. The summed E-state index contributed by atoms with van der Waals surface area (Å²) in [4.78, 5) is 0. The van der Waals surface area contributed by atoms with E-state index in [-0.39, 0.29) is 11.7 Å². The summed E-state index contributed by atoms with van der Waals surface area (Å²) in [6.07, 6.45) is 0. The number of benzene rings is 1. The highest BCUT2D eigenvalue weighted by atomic mass is 32.1. The minimum Gasteiger partial charge on any atom is -0.459 e. The van der Waals surface area contributed by atoms with Crippen molar-refractivity contribution >= 4 is 23.0 Å². The predicted molar refractivity (Wildman–Crippen MR) is 75.2 cm³/mol. The Morgan fingerprint density at radius 1 is 1.39 bits per heavy atom. The standard InChI is InChI=1S/C13H14N2O2S/c1-8-2-3-9(6-11(8)15-13(14)18)12-5-4-10(7-16)17-12/h2-6,16H,7H2,1H3,(H3,14,15,18). The van der Waals surface area contributed by atoms with E-state index in [2.05, 4.69) is 5.32 Å². The van der Waals surface area contributed by atoms with Crippen LogP contribution >= 0.6 is 12.2 Å². The van der Waals surface area contributed by atoms with Gasteiger partial charge in [0.25, 0.3) is 0 Å². The Morgan fingerprint density at radius 3 is 2.78 bits per heavy atom. The van der Waals surface area contributed by atoms with E-state index in [1.807, 2.05) is 31.2 Å². The van der Waals surface area contributed by atoms with Crippen LogP contribution in [0.25, 0.3) is 11.3 Å². The van der Waals surface area contributed by atoms with Crippen LogP contribution in [0.5, 0.6) is 0 Å². The first-order valence-electron chi connectivity index (χ1n) is 5.47. The lowest BCUT2D eigenvalue weighted by Gasteiger charge is -2.09. The van der Waals surface area contributed by atoms with Gasteiger partial charge in [-0.1, -0.05) is 12.1 Å². The van der Waals surface area contributed by atoms with Crippen molar-refractivity contribution in [2.45, 2.75) is 13.5 Å². The molecule has 0 atom stereocenters. The second-order valence-corrected chi connectivity index (χ2v) is 4.38. The quantitative estimate of drug-likeness (QED) is 0.741. The first-order valence-corrected chi connectivity index (χ1v) is 5.88. The summed E-state index contributed by atoms with van der Waals surface area (Å²) in [5, 5.41) is 12.1. The number of aryl methyl sites for hydroxylation is 1. The largest absolute Gasteiger partial charge is 0.459 e. The molecule has 0 bridgehead atoms. The molecule has 94 valence electrons. The van der Waals surface area contributed by atoms with Crippen LogP contribution < -0.4 is 11.1 Å². The summed E-state index contributed by atoms with van der Waals surface area (Å²) in [5.74, 6) is 1.24. The molecule has 5 heteroatoms. The van der Waals surface area contributed by atoms with Gasteiger partial charge in [0.2, 0.25) is 0 Å². The molecule has 0 spiro atoms. The van der Waals surface area contributed by atoms with Gasteiger partial charge in [0.05, 0.1) is 0 Å². The molecule has 18 heavy (non-hydrogen) atoms. The van der Waals surface area contributed by atoms with Crippen molar-refractivity contribution in [1.82, 2.24) is 0 Å². The second-order valence-electron chi connectivity index (χ2n) is 3.94. The van der Waals surface area contributed by atoms with Crippen LogP contribution in [0.15, 0.2) is 34.7 Å². The first kappa shape index (κ1) is 12.6. The molecule has 0 unspecified atom stereocenters. The van der Waals surface area contributed by atoms with Crippen molar-refractivity contribution in [2.24, 2.45) is 5.73 Å². The molecular weight excluding hydrogens is 248 g/mol. The van der Waals surface area contributed by atoms with Crippen molar-refractivity contribution in [1.29, 1.82) is 0 Å². The van der Waals surface area contributed by atoms with E-state index >= 15 is 0 Å². The van der Waals surface area contributed by atoms with Gasteiger partial charge in [-0.05, 0) is 42.9 Å². The molecule has 0 aliphatic carbocycles. The van der Waals surface area contributed by atoms with Crippen molar-refractivity contribution in [3.63, 3.8) is 0 Å². The highest BCUT2D eigenvalue weighted by Gasteiger charge is 2.07. The van der Waals surface area contributed by atoms with Crippen molar-refractivity contribution in [3.8, 4) is 11.3 Å². The molecule has 4 nitrogen and oxygen atoms in total. The molecule has 4 N–H and O–H groups in total. The van der Waals surface area contributed by atoms with Crippen LogP contribution in [0, 0.1) is 6.92 Å². The van der Waals surface area contributed by atoms with Crippen LogP contribution in [0.3, 0.4) is 0 Å². The number of furan rings is 1. The molecule has 0 aliphatic rings. The van der Waals surface area contributed by atoms with E-state index in [1.54, 1.807) is 6.07 Å². The smallest absolute Gasteiger partial charge is 0.168 e. The average Bonchev–Trinajstić information content (AvgIpc) is 2.80. The maximum Gasteiger partial charge on any atom is 0.168 e. The molecule has 0 fully saturated rings. The maximum atomic E-state index is 8.98. The first-order chi connectivity index (χ1) is 8.60. The summed E-state index contributed by atoms with van der Waals surface area (Å²) in [6, 6.07) is 9.38. The van der Waals surface area contributed by atoms with Crippen molar-refractivity contribution in [3.05, 3.63) is 41.7 Å². The van der Waals surface area contributed by atoms with Gasteiger partial charge in [0.1, 0.15) is 18.1 Å². The zero-order chi connectivity index (χ0) is 13.1. The fraction of sp³-hybridized carbons (Fsp3) is 0.154. The van der Waals surface area contributed by atoms with Crippen LogP contribution in [0.2, 0.25) is 0 Å². The molecule has 0 radical (unpaired) electrons. The van der Waals surface area contributed by atoms with Gasteiger partial charge in [-0.25, -0.2) is 0 Å². The van der Waals surface area contributed by atoms with Crippen LogP contribution in [0.1, 0.15) is 11.3 Å². The molecule has 0 aliphatic heterocycles. The SMILES string of the molecule is Cc1ccc(-c2ccc(CO)o2)cc1NC(N)=S. The average molecular weight is 262 g/mol. The Hall–Kier alpha value is -1.85. The molecule has 0 saturated carbocycles. The van der Waals surface area contributed by atoms with Gasteiger partial charge >= 0.3 is 0 Å². The number of hydrogen-bond donors (Lipinski definition) is 3. The number of anilines is 1. The van der Waals surface area contributed by atoms with Crippen molar-refractivity contribution in [2.75, 3.05) is 5.32 Å². The van der Waals surface area contributed by atoms with Gasteiger partial charge in [-0.15, -0.1) is 0 Å².